The van der Waals surface area contributed by atoms with Crippen LogP contribution in [-0.4, -0.2) is 29.7 Å². The Morgan fingerprint density at radius 1 is 1.44 bits per heavy atom. The summed E-state index contributed by atoms with van der Waals surface area (Å²) >= 11 is 13.6. The van der Waals surface area contributed by atoms with Gasteiger partial charge in [0.25, 0.3) is 5.78 Å². The first-order chi connectivity index (χ1) is 8.45. The lowest BCUT2D eigenvalue weighted by Crippen LogP contribution is -1.97. The molecule has 2 aromatic rings. The van der Waals surface area contributed by atoms with Crippen molar-refractivity contribution >= 4 is 40.7 Å². The maximum Gasteiger partial charge on any atom is 0.253 e. The van der Waals surface area contributed by atoms with Crippen LogP contribution in [0.4, 0.5) is 0 Å². The van der Waals surface area contributed by atoms with Crippen molar-refractivity contribution in [1.29, 1.82) is 0 Å². The lowest BCUT2D eigenvalue weighted by atomic mass is 10.4. The van der Waals surface area contributed by atoms with Crippen molar-refractivity contribution in [2.45, 2.75) is 29.8 Å². The average Bonchev–Trinajstić information content (AvgIpc) is 2.70. The topological polar surface area (TPSA) is 43.1 Å². The number of fused-ring (bicyclic) bond motifs is 1. The Labute approximate surface area is 119 Å². The van der Waals surface area contributed by atoms with Crippen LogP contribution in [0.15, 0.2) is 11.2 Å². The van der Waals surface area contributed by atoms with Gasteiger partial charge in [0.2, 0.25) is 5.16 Å². The molecule has 0 amide bonds. The third-order valence-corrected chi connectivity index (χ3v) is 4.89. The first-order valence-corrected chi connectivity index (χ1v) is 7.41. The summed E-state index contributed by atoms with van der Waals surface area (Å²) in [6.45, 7) is 3.95. The summed E-state index contributed by atoms with van der Waals surface area (Å²) in [7, 11) is 0. The molecule has 2 heterocycles. The molecule has 1 saturated carbocycles. The van der Waals surface area contributed by atoms with E-state index >= 15 is 0 Å². The van der Waals surface area contributed by atoms with Crippen molar-refractivity contribution in [3.8, 4) is 0 Å². The highest BCUT2D eigenvalue weighted by atomic mass is 35.5. The van der Waals surface area contributed by atoms with Crippen molar-refractivity contribution in [3.05, 3.63) is 17.5 Å². The number of hydrogen-bond donors (Lipinski definition) is 0. The van der Waals surface area contributed by atoms with Gasteiger partial charge in [-0.15, -0.1) is 28.3 Å². The van der Waals surface area contributed by atoms with E-state index in [0.717, 1.165) is 28.7 Å². The smallest absolute Gasteiger partial charge is 0.216 e. The largest absolute Gasteiger partial charge is 0.253 e. The van der Waals surface area contributed by atoms with Crippen LogP contribution >= 0.6 is 35.0 Å². The Morgan fingerprint density at radius 3 is 2.83 bits per heavy atom. The maximum absolute atomic E-state index is 5.99. The minimum atomic E-state index is -0.531. The second-order valence-electron chi connectivity index (χ2n) is 4.62. The molecule has 3 rings (SSSR count). The van der Waals surface area contributed by atoms with E-state index in [2.05, 4.69) is 15.1 Å². The summed E-state index contributed by atoms with van der Waals surface area (Å²) in [6, 6.07) is 1.99. The lowest BCUT2D eigenvalue weighted by molar-refractivity contribution is 0.841. The highest BCUT2D eigenvalue weighted by molar-refractivity contribution is 7.99. The van der Waals surface area contributed by atoms with E-state index in [-0.39, 0.29) is 0 Å². The van der Waals surface area contributed by atoms with Crippen molar-refractivity contribution in [1.82, 2.24) is 19.6 Å². The number of hydrogen-bond acceptors (Lipinski definition) is 4. The van der Waals surface area contributed by atoms with Gasteiger partial charge in [-0.25, -0.2) is 9.50 Å². The second kappa shape index (κ2) is 4.25. The zero-order chi connectivity index (χ0) is 12.9. The Hall–Kier alpha value is -0.520. The van der Waals surface area contributed by atoms with Gasteiger partial charge in [0.1, 0.15) is 4.33 Å². The number of nitrogens with zero attached hydrogens (tertiary/aromatic N) is 4. The zero-order valence-electron chi connectivity index (χ0n) is 10.0. The van der Waals surface area contributed by atoms with Gasteiger partial charge in [0.15, 0.2) is 0 Å². The Kier molecular flexibility index (Phi) is 2.95. The molecule has 18 heavy (non-hydrogen) atoms. The van der Waals surface area contributed by atoms with Crippen molar-refractivity contribution in [2.75, 3.05) is 5.75 Å². The molecular weight excluding hydrogens is 291 g/mol. The highest BCUT2D eigenvalue weighted by Gasteiger charge is 2.51. The number of rotatable bonds is 3. The first-order valence-electron chi connectivity index (χ1n) is 5.67. The van der Waals surface area contributed by atoms with Gasteiger partial charge in [-0.2, -0.15) is 4.98 Å². The number of thioether (sulfide) groups is 1. The predicted octanol–water partition coefficient (Wildman–Crippen LogP) is 3.03. The number of aromatic nitrogens is 4. The van der Waals surface area contributed by atoms with E-state index in [0.29, 0.717) is 11.7 Å². The highest BCUT2D eigenvalue weighted by Crippen LogP contribution is 2.54. The van der Waals surface area contributed by atoms with Crippen LogP contribution in [0.25, 0.3) is 5.78 Å². The van der Waals surface area contributed by atoms with E-state index in [1.165, 1.54) is 0 Å². The molecule has 0 radical (unpaired) electrons. The SMILES string of the molecule is Cc1cc(C)n2nc(SCC3CC3(Cl)Cl)nc2n1. The molecule has 4 nitrogen and oxygen atoms in total. The molecule has 1 aliphatic rings. The zero-order valence-corrected chi connectivity index (χ0v) is 12.4. The molecule has 0 saturated heterocycles. The Balaban J connectivity index is 1.79. The third kappa shape index (κ3) is 2.31. The van der Waals surface area contributed by atoms with Crippen LogP contribution in [0.5, 0.6) is 0 Å². The van der Waals surface area contributed by atoms with E-state index in [1.807, 2.05) is 19.9 Å². The standard InChI is InChI=1S/C11H12Cl2N4S/c1-6-3-7(2)17-9(14-6)15-10(16-17)18-5-8-4-11(8,12)13/h3,8H,4-5H2,1-2H3. The molecule has 1 fully saturated rings. The summed E-state index contributed by atoms with van der Waals surface area (Å²) in [5, 5.41) is 5.15. The van der Waals surface area contributed by atoms with Crippen molar-refractivity contribution < 1.29 is 0 Å². The van der Waals surface area contributed by atoms with Crippen molar-refractivity contribution in [3.63, 3.8) is 0 Å². The van der Waals surface area contributed by atoms with Gasteiger partial charge < -0.3 is 0 Å². The van der Waals surface area contributed by atoms with Crippen molar-refractivity contribution in [2.24, 2.45) is 5.92 Å². The Bertz CT molecular complexity index is 610. The number of alkyl halides is 2. The second-order valence-corrected chi connectivity index (χ2v) is 7.15. The van der Waals surface area contributed by atoms with Crippen LogP contribution in [0.1, 0.15) is 17.8 Å². The monoisotopic (exact) mass is 302 g/mol. The lowest BCUT2D eigenvalue weighted by Gasteiger charge is -1.97. The third-order valence-electron chi connectivity index (χ3n) is 2.97. The maximum atomic E-state index is 5.99. The molecule has 0 bridgehead atoms. The van der Waals surface area contributed by atoms with Crippen LogP contribution in [-0.2, 0) is 0 Å². The van der Waals surface area contributed by atoms with E-state index in [4.69, 9.17) is 23.2 Å². The molecule has 96 valence electrons. The molecule has 1 aliphatic carbocycles. The average molecular weight is 303 g/mol. The summed E-state index contributed by atoms with van der Waals surface area (Å²) in [6.07, 6.45) is 0.854. The molecule has 0 aliphatic heterocycles. The number of aryl methyl sites for hydroxylation is 2. The van der Waals surface area contributed by atoms with Crippen LogP contribution in [0.3, 0.4) is 0 Å². The van der Waals surface area contributed by atoms with Gasteiger partial charge >= 0.3 is 0 Å². The van der Waals surface area contributed by atoms with E-state index < -0.39 is 4.33 Å². The van der Waals surface area contributed by atoms with Crippen LogP contribution < -0.4 is 0 Å². The van der Waals surface area contributed by atoms with Gasteiger partial charge in [-0.3, -0.25) is 0 Å². The molecule has 2 aromatic heterocycles. The minimum absolute atomic E-state index is 0.341. The molecule has 1 unspecified atom stereocenters. The Morgan fingerprint density at radius 2 is 2.17 bits per heavy atom. The summed E-state index contributed by atoms with van der Waals surface area (Å²) in [4.78, 5) is 8.75. The van der Waals surface area contributed by atoms with Crippen LogP contribution in [0.2, 0.25) is 0 Å². The molecule has 7 heteroatoms. The van der Waals surface area contributed by atoms with Gasteiger partial charge in [-0.1, -0.05) is 11.8 Å². The number of halogens is 2. The molecule has 0 spiro atoms. The van der Waals surface area contributed by atoms with Gasteiger partial charge in [0, 0.05) is 23.1 Å². The summed E-state index contributed by atoms with van der Waals surface area (Å²) in [5.74, 6) is 1.84. The fourth-order valence-electron chi connectivity index (χ4n) is 1.83. The summed E-state index contributed by atoms with van der Waals surface area (Å²) < 4.78 is 1.23. The molecule has 1 atom stereocenters. The fourth-order valence-corrected chi connectivity index (χ4v) is 3.58. The van der Waals surface area contributed by atoms with Gasteiger partial charge in [-0.05, 0) is 26.3 Å². The van der Waals surface area contributed by atoms with Gasteiger partial charge in [0.05, 0.1) is 0 Å². The van der Waals surface area contributed by atoms with Crippen LogP contribution in [0, 0.1) is 19.8 Å². The minimum Gasteiger partial charge on any atom is -0.216 e. The molecular formula is C11H12Cl2N4S. The molecule has 0 aromatic carbocycles. The fraction of sp³-hybridized carbons (Fsp3) is 0.545. The first kappa shape index (κ1) is 12.5. The summed E-state index contributed by atoms with van der Waals surface area (Å²) in [5.41, 5.74) is 1.99. The normalized spacial score (nSPS) is 21.4. The van der Waals surface area contributed by atoms with E-state index in [1.54, 1.807) is 16.3 Å². The molecule has 0 N–H and O–H groups in total. The predicted molar refractivity (Wildman–Crippen MR) is 73.5 cm³/mol. The van der Waals surface area contributed by atoms with E-state index in [9.17, 15) is 0 Å². The quantitative estimate of drug-likeness (QED) is 0.646.